The molecule has 1 aromatic carbocycles. The number of carbonyl (C=O) groups excluding carboxylic acids is 2. The van der Waals surface area contributed by atoms with Crippen molar-refractivity contribution in [3.8, 4) is 22.6 Å². The molecular formula is C28H28FN7O2. The van der Waals surface area contributed by atoms with E-state index in [9.17, 15) is 14.0 Å². The summed E-state index contributed by atoms with van der Waals surface area (Å²) >= 11 is 0. The van der Waals surface area contributed by atoms with Crippen molar-refractivity contribution in [2.24, 2.45) is 23.3 Å². The van der Waals surface area contributed by atoms with Crippen LogP contribution in [0.1, 0.15) is 31.2 Å². The minimum Gasteiger partial charge on any atom is -0.404 e. The minimum atomic E-state index is -0.588. The highest BCUT2D eigenvalue weighted by Crippen LogP contribution is 2.34. The van der Waals surface area contributed by atoms with E-state index in [1.165, 1.54) is 18.2 Å². The van der Waals surface area contributed by atoms with Crippen LogP contribution in [0.5, 0.6) is 0 Å². The SMILES string of the molecule is Cc1cc(F)c(NC(=O)C(/C=C(\N)C2CC2)=C/N)cc1-c1ccnc(-c2ccnc(NC(=O)C3CC3)c2)n1. The van der Waals surface area contributed by atoms with E-state index in [0.717, 1.165) is 31.9 Å². The predicted octanol–water partition coefficient (Wildman–Crippen LogP) is 4.04. The number of pyridine rings is 1. The molecule has 2 heterocycles. The van der Waals surface area contributed by atoms with E-state index in [4.69, 9.17) is 11.5 Å². The second kappa shape index (κ2) is 10.4. The Hall–Kier alpha value is -4.60. The first kappa shape index (κ1) is 25.1. The fourth-order valence-electron chi connectivity index (χ4n) is 4.00. The molecule has 0 saturated heterocycles. The number of benzene rings is 1. The normalized spacial score (nSPS) is 15.7. The lowest BCUT2D eigenvalue weighted by atomic mass is 10.0. The van der Waals surface area contributed by atoms with E-state index in [2.05, 4.69) is 25.6 Å². The zero-order valence-electron chi connectivity index (χ0n) is 20.9. The molecule has 38 heavy (non-hydrogen) atoms. The molecule has 5 rings (SSSR count). The maximum atomic E-state index is 14.8. The molecule has 10 heteroatoms. The van der Waals surface area contributed by atoms with E-state index in [0.29, 0.717) is 39.7 Å². The Morgan fingerprint density at radius 2 is 1.76 bits per heavy atom. The molecule has 2 saturated carbocycles. The molecule has 0 aliphatic heterocycles. The zero-order valence-corrected chi connectivity index (χ0v) is 20.9. The molecule has 0 unspecified atom stereocenters. The van der Waals surface area contributed by atoms with Gasteiger partial charge in [0.1, 0.15) is 11.6 Å². The van der Waals surface area contributed by atoms with Crippen molar-refractivity contribution in [1.82, 2.24) is 15.0 Å². The number of hydrogen-bond acceptors (Lipinski definition) is 7. The van der Waals surface area contributed by atoms with Gasteiger partial charge in [-0.2, -0.15) is 0 Å². The average Bonchev–Trinajstić information content (AvgIpc) is 3.82. The van der Waals surface area contributed by atoms with Gasteiger partial charge in [-0.15, -0.1) is 0 Å². The summed E-state index contributed by atoms with van der Waals surface area (Å²) in [7, 11) is 0. The molecule has 9 nitrogen and oxygen atoms in total. The van der Waals surface area contributed by atoms with Crippen LogP contribution in [0.3, 0.4) is 0 Å². The summed E-state index contributed by atoms with van der Waals surface area (Å²) in [4.78, 5) is 38.2. The van der Waals surface area contributed by atoms with Crippen molar-refractivity contribution in [3.05, 3.63) is 77.7 Å². The summed E-state index contributed by atoms with van der Waals surface area (Å²) in [6.07, 6.45) is 9.62. The van der Waals surface area contributed by atoms with Crippen LogP contribution in [0.2, 0.25) is 0 Å². The number of allylic oxidation sites excluding steroid dienone is 1. The molecule has 2 fully saturated rings. The van der Waals surface area contributed by atoms with Gasteiger partial charge in [-0.1, -0.05) is 0 Å². The van der Waals surface area contributed by atoms with Crippen LogP contribution in [0.25, 0.3) is 22.6 Å². The van der Waals surface area contributed by atoms with Gasteiger partial charge in [-0.05, 0) is 80.5 Å². The first-order valence-corrected chi connectivity index (χ1v) is 12.4. The van der Waals surface area contributed by atoms with Gasteiger partial charge in [0.2, 0.25) is 5.91 Å². The summed E-state index contributed by atoms with van der Waals surface area (Å²) in [5.74, 6) is -0.0382. The highest BCUT2D eigenvalue weighted by atomic mass is 19.1. The summed E-state index contributed by atoms with van der Waals surface area (Å²) < 4.78 is 14.8. The van der Waals surface area contributed by atoms with Crippen molar-refractivity contribution in [2.45, 2.75) is 32.6 Å². The number of amides is 2. The molecule has 2 aliphatic carbocycles. The third-order valence-corrected chi connectivity index (χ3v) is 6.52. The Bertz CT molecular complexity index is 1480. The van der Waals surface area contributed by atoms with Crippen LogP contribution in [-0.2, 0) is 9.59 Å². The highest BCUT2D eigenvalue weighted by Gasteiger charge is 2.30. The fraction of sp³-hybridized carbons (Fsp3) is 0.250. The van der Waals surface area contributed by atoms with E-state index in [1.807, 2.05) is 0 Å². The summed E-state index contributed by atoms with van der Waals surface area (Å²) in [6, 6.07) is 8.03. The number of halogens is 1. The van der Waals surface area contributed by atoms with Crippen LogP contribution in [0.15, 0.2) is 66.3 Å². The number of hydrogen-bond donors (Lipinski definition) is 4. The summed E-state index contributed by atoms with van der Waals surface area (Å²) in [5, 5.41) is 5.42. The second-order valence-electron chi connectivity index (χ2n) is 9.60. The third-order valence-electron chi connectivity index (χ3n) is 6.52. The van der Waals surface area contributed by atoms with Crippen LogP contribution in [0.4, 0.5) is 15.9 Å². The highest BCUT2D eigenvalue weighted by molar-refractivity contribution is 6.06. The number of aromatic nitrogens is 3. The van der Waals surface area contributed by atoms with Crippen LogP contribution < -0.4 is 22.1 Å². The van der Waals surface area contributed by atoms with Crippen molar-refractivity contribution >= 4 is 23.3 Å². The van der Waals surface area contributed by atoms with Gasteiger partial charge >= 0.3 is 0 Å². The smallest absolute Gasteiger partial charge is 0.257 e. The number of anilines is 2. The number of nitrogens with one attached hydrogen (secondary N) is 2. The first-order valence-electron chi connectivity index (χ1n) is 12.4. The monoisotopic (exact) mass is 513 g/mol. The fourth-order valence-corrected chi connectivity index (χ4v) is 4.00. The molecule has 3 aromatic rings. The lowest BCUT2D eigenvalue weighted by Crippen LogP contribution is -2.17. The summed E-state index contributed by atoms with van der Waals surface area (Å²) in [5.41, 5.74) is 14.8. The molecular weight excluding hydrogens is 485 g/mol. The Morgan fingerprint density at radius 1 is 1.03 bits per heavy atom. The van der Waals surface area contributed by atoms with Crippen LogP contribution in [-0.4, -0.2) is 26.8 Å². The van der Waals surface area contributed by atoms with Gasteiger partial charge in [-0.25, -0.2) is 19.3 Å². The van der Waals surface area contributed by atoms with Crippen molar-refractivity contribution in [1.29, 1.82) is 0 Å². The van der Waals surface area contributed by atoms with Crippen molar-refractivity contribution in [2.75, 3.05) is 10.6 Å². The largest absolute Gasteiger partial charge is 0.404 e. The van der Waals surface area contributed by atoms with Gasteiger partial charge in [-0.3, -0.25) is 9.59 Å². The molecule has 0 atom stereocenters. The molecule has 2 aromatic heterocycles. The Kier molecular flexibility index (Phi) is 6.87. The Labute approximate surface area is 219 Å². The second-order valence-corrected chi connectivity index (χ2v) is 9.60. The average molecular weight is 514 g/mol. The van der Waals surface area contributed by atoms with Crippen LogP contribution >= 0.6 is 0 Å². The maximum Gasteiger partial charge on any atom is 0.257 e. The number of aryl methyl sites for hydroxylation is 1. The van der Waals surface area contributed by atoms with E-state index in [1.54, 1.807) is 37.5 Å². The molecule has 2 amide bonds. The molecule has 194 valence electrons. The number of nitrogens with two attached hydrogens (primary N) is 2. The topological polar surface area (TPSA) is 149 Å². The number of nitrogens with zero attached hydrogens (tertiary/aromatic N) is 3. The van der Waals surface area contributed by atoms with E-state index >= 15 is 0 Å². The van der Waals surface area contributed by atoms with Crippen molar-refractivity contribution in [3.63, 3.8) is 0 Å². The standard InChI is InChI=1S/C28H28FN7O2/c1-15-10-21(29)24(35-28(38)19(14-30)11-22(31)16-2-3-16)13-20(15)23-7-9-33-26(34-23)18-6-8-32-25(12-18)36-27(37)17-4-5-17/h6-14,16-17H,2-5,30-31H2,1H3,(H,35,38)(H,32,36,37)/b19-14+,22-11-. The summed E-state index contributed by atoms with van der Waals surface area (Å²) in [6.45, 7) is 1.76. The zero-order chi connectivity index (χ0) is 26.8. The Balaban J connectivity index is 1.40. The van der Waals surface area contributed by atoms with Crippen LogP contribution in [0, 0.1) is 24.6 Å². The molecule has 0 radical (unpaired) electrons. The number of rotatable bonds is 8. The Morgan fingerprint density at radius 3 is 2.47 bits per heavy atom. The lowest BCUT2D eigenvalue weighted by molar-refractivity contribution is -0.117. The minimum absolute atomic E-state index is 0.0116. The van der Waals surface area contributed by atoms with Gasteiger partial charge in [0, 0.05) is 41.3 Å². The van der Waals surface area contributed by atoms with Gasteiger partial charge in [0.05, 0.1) is 17.0 Å². The van der Waals surface area contributed by atoms with Crippen molar-refractivity contribution < 1.29 is 14.0 Å². The molecule has 0 bridgehead atoms. The van der Waals surface area contributed by atoms with Gasteiger partial charge < -0.3 is 22.1 Å². The lowest BCUT2D eigenvalue weighted by Gasteiger charge is -2.13. The van der Waals surface area contributed by atoms with Gasteiger partial charge in [0.25, 0.3) is 5.91 Å². The quantitative estimate of drug-likeness (QED) is 0.262. The first-order chi connectivity index (χ1) is 18.3. The number of carbonyl (C=O) groups is 2. The van der Waals surface area contributed by atoms with E-state index in [-0.39, 0.29) is 29.0 Å². The molecule has 0 spiro atoms. The maximum absolute atomic E-state index is 14.8. The molecule has 2 aliphatic rings. The van der Waals surface area contributed by atoms with E-state index < -0.39 is 11.7 Å². The third kappa shape index (κ3) is 5.69. The van der Waals surface area contributed by atoms with Gasteiger partial charge in [0.15, 0.2) is 5.82 Å². The predicted molar refractivity (Wildman–Crippen MR) is 143 cm³/mol. The molecule has 6 N–H and O–H groups in total.